The third-order valence-corrected chi connectivity index (χ3v) is 6.47. The van der Waals surface area contributed by atoms with Gasteiger partial charge in [0.05, 0.1) is 37.9 Å². The van der Waals surface area contributed by atoms with Crippen molar-refractivity contribution in [3.05, 3.63) is 50.0 Å². The Morgan fingerprint density at radius 3 is 2.11 bits per heavy atom. The van der Waals surface area contributed by atoms with Crippen molar-refractivity contribution < 1.29 is 28.7 Å². The minimum absolute atomic E-state index is 0.0115. The predicted octanol–water partition coefficient (Wildman–Crippen LogP) is 6.33. The zero-order valence-corrected chi connectivity index (χ0v) is 22.9. The number of carbonyl (C=O) groups is 1. The van der Waals surface area contributed by atoms with Crippen molar-refractivity contribution in [2.24, 2.45) is 0 Å². The summed E-state index contributed by atoms with van der Waals surface area (Å²) in [6.07, 6.45) is 7.29. The normalized spacial score (nSPS) is 10.6. The molecule has 36 heavy (non-hydrogen) atoms. The highest BCUT2D eigenvalue weighted by Gasteiger charge is 2.21. The van der Waals surface area contributed by atoms with Gasteiger partial charge >= 0.3 is 0 Å². The Bertz CT molecular complexity index is 1030. The van der Waals surface area contributed by atoms with Crippen LogP contribution in [0.5, 0.6) is 23.0 Å². The highest BCUT2D eigenvalue weighted by Crippen LogP contribution is 2.37. The SMILES string of the molecule is CCCCCCCCC(=O)NCc1cc(OC)c(OCc2cc(OC)c(OC)cc2[N+](=O)[O-])cc1Br. The molecule has 1 N–H and O–H groups in total. The van der Waals surface area contributed by atoms with E-state index < -0.39 is 4.92 Å². The van der Waals surface area contributed by atoms with Crippen LogP contribution >= 0.6 is 15.9 Å². The first-order chi connectivity index (χ1) is 17.3. The van der Waals surface area contributed by atoms with E-state index in [2.05, 4.69) is 28.2 Å². The summed E-state index contributed by atoms with van der Waals surface area (Å²) in [6, 6.07) is 6.32. The molecule has 0 aromatic heterocycles. The van der Waals surface area contributed by atoms with E-state index in [1.165, 1.54) is 52.7 Å². The fourth-order valence-electron chi connectivity index (χ4n) is 3.68. The van der Waals surface area contributed by atoms with Gasteiger partial charge in [-0.05, 0) is 30.2 Å². The van der Waals surface area contributed by atoms with Gasteiger partial charge in [0, 0.05) is 17.4 Å². The van der Waals surface area contributed by atoms with Crippen molar-refractivity contribution in [3.63, 3.8) is 0 Å². The monoisotopic (exact) mass is 566 g/mol. The Morgan fingerprint density at radius 1 is 0.889 bits per heavy atom. The Kier molecular flexibility index (Phi) is 12.3. The minimum Gasteiger partial charge on any atom is -0.493 e. The number of hydrogen-bond donors (Lipinski definition) is 1. The van der Waals surface area contributed by atoms with Crippen LogP contribution < -0.4 is 24.3 Å². The lowest BCUT2D eigenvalue weighted by atomic mass is 10.1. The topological polar surface area (TPSA) is 109 Å². The molecule has 0 bridgehead atoms. The van der Waals surface area contributed by atoms with E-state index in [-0.39, 0.29) is 24.0 Å². The van der Waals surface area contributed by atoms with E-state index >= 15 is 0 Å². The molecular formula is C26H35BrN2O7. The third kappa shape index (κ3) is 8.58. The molecule has 9 nitrogen and oxygen atoms in total. The predicted molar refractivity (Wildman–Crippen MR) is 141 cm³/mol. The fraction of sp³-hybridized carbons (Fsp3) is 0.500. The molecule has 0 spiro atoms. The van der Waals surface area contributed by atoms with Crippen molar-refractivity contribution >= 4 is 27.5 Å². The molecule has 0 unspecified atom stereocenters. The maximum Gasteiger partial charge on any atom is 0.280 e. The lowest BCUT2D eigenvalue weighted by molar-refractivity contribution is -0.385. The first kappa shape index (κ1) is 29.2. The van der Waals surface area contributed by atoms with Crippen LogP contribution in [0.4, 0.5) is 5.69 Å². The van der Waals surface area contributed by atoms with Crippen LogP contribution in [0.3, 0.4) is 0 Å². The first-order valence-electron chi connectivity index (χ1n) is 12.0. The van der Waals surface area contributed by atoms with Gasteiger partial charge in [0.1, 0.15) is 6.61 Å². The molecule has 2 aromatic rings. The summed E-state index contributed by atoms with van der Waals surface area (Å²) in [4.78, 5) is 23.3. The summed E-state index contributed by atoms with van der Waals surface area (Å²) in [6.45, 7) is 2.44. The average Bonchev–Trinajstić information content (AvgIpc) is 2.88. The lowest BCUT2D eigenvalue weighted by Crippen LogP contribution is -2.22. The Balaban J connectivity index is 2.04. The summed E-state index contributed by atoms with van der Waals surface area (Å²) in [5.74, 6) is 1.48. The lowest BCUT2D eigenvalue weighted by Gasteiger charge is -2.15. The molecule has 0 saturated heterocycles. The molecule has 0 fully saturated rings. The van der Waals surface area contributed by atoms with Crippen LogP contribution in [-0.2, 0) is 17.9 Å². The molecule has 0 atom stereocenters. The molecule has 10 heteroatoms. The largest absolute Gasteiger partial charge is 0.493 e. The number of unbranched alkanes of at least 4 members (excludes halogenated alkanes) is 5. The van der Waals surface area contributed by atoms with Crippen molar-refractivity contribution in [1.82, 2.24) is 5.32 Å². The second kappa shape index (κ2) is 15.2. The number of methoxy groups -OCH3 is 3. The average molecular weight is 567 g/mol. The maximum atomic E-state index is 12.2. The van der Waals surface area contributed by atoms with Crippen LogP contribution in [0.2, 0.25) is 0 Å². The number of nitrogens with zero attached hydrogens (tertiary/aromatic N) is 1. The van der Waals surface area contributed by atoms with Gasteiger partial charge in [-0.3, -0.25) is 14.9 Å². The number of benzene rings is 2. The third-order valence-electron chi connectivity index (χ3n) is 5.73. The van der Waals surface area contributed by atoms with Crippen molar-refractivity contribution in [3.8, 4) is 23.0 Å². The second-order valence-electron chi connectivity index (χ2n) is 8.27. The number of hydrogen-bond acceptors (Lipinski definition) is 7. The van der Waals surface area contributed by atoms with Gasteiger partial charge in [0.2, 0.25) is 5.91 Å². The summed E-state index contributed by atoms with van der Waals surface area (Å²) < 4.78 is 22.5. The minimum atomic E-state index is -0.495. The Hall–Kier alpha value is -3.01. The highest BCUT2D eigenvalue weighted by molar-refractivity contribution is 9.10. The van der Waals surface area contributed by atoms with Gasteiger partial charge in [-0.1, -0.05) is 55.0 Å². The molecular weight excluding hydrogens is 532 g/mol. The Morgan fingerprint density at radius 2 is 1.47 bits per heavy atom. The van der Waals surface area contributed by atoms with Gasteiger partial charge < -0.3 is 24.3 Å². The maximum absolute atomic E-state index is 12.2. The van der Waals surface area contributed by atoms with E-state index in [0.29, 0.717) is 35.8 Å². The number of rotatable bonds is 16. The van der Waals surface area contributed by atoms with Crippen LogP contribution in [0.1, 0.15) is 63.0 Å². The van der Waals surface area contributed by atoms with E-state index in [1.54, 1.807) is 12.1 Å². The first-order valence-corrected chi connectivity index (χ1v) is 12.8. The number of amides is 1. The molecule has 0 aliphatic heterocycles. The molecule has 1 amide bonds. The Labute approximate surface area is 220 Å². The van der Waals surface area contributed by atoms with Gasteiger partial charge in [-0.2, -0.15) is 0 Å². The molecule has 0 radical (unpaired) electrons. The van der Waals surface area contributed by atoms with Gasteiger partial charge in [0.25, 0.3) is 5.69 Å². The highest BCUT2D eigenvalue weighted by atomic mass is 79.9. The van der Waals surface area contributed by atoms with Crippen LogP contribution in [0, 0.1) is 10.1 Å². The van der Waals surface area contributed by atoms with Gasteiger partial charge in [-0.25, -0.2) is 0 Å². The molecule has 2 aromatic carbocycles. The van der Waals surface area contributed by atoms with Crippen LogP contribution in [-0.4, -0.2) is 32.2 Å². The zero-order chi connectivity index (χ0) is 26.5. The number of ether oxygens (including phenoxy) is 4. The van der Waals surface area contributed by atoms with Crippen molar-refractivity contribution in [1.29, 1.82) is 0 Å². The van der Waals surface area contributed by atoms with E-state index in [1.807, 2.05) is 0 Å². The van der Waals surface area contributed by atoms with Gasteiger partial charge in [0.15, 0.2) is 23.0 Å². The number of nitrogens with one attached hydrogen (secondary N) is 1. The molecule has 0 aliphatic rings. The summed E-state index contributed by atoms with van der Waals surface area (Å²) in [5.41, 5.74) is 1.00. The van der Waals surface area contributed by atoms with E-state index in [0.717, 1.165) is 29.3 Å². The van der Waals surface area contributed by atoms with Crippen molar-refractivity contribution in [2.75, 3.05) is 21.3 Å². The van der Waals surface area contributed by atoms with E-state index in [9.17, 15) is 14.9 Å². The van der Waals surface area contributed by atoms with Gasteiger partial charge in [-0.15, -0.1) is 0 Å². The second-order valence-corrected chi connectivity index (χ2v) is 9.12. The molecule has 198 valence electrons. The smallest absolute Gasteiger partial charge is 0.280 e. The van der Waals surface area contributed by atoms with Crippen LogP contribution in [0.25, 0.3) is 0 Å². The number of nitro benzene ring substituents is 1. The molecule has 0 aliphatic carbocycles. The van der Waals surface area contributed by atoms with Crippen LogP contribution in [0.15, 0.2) is 28.7 Å². The summed E-state index contributed by atoms with van der Waals surface area (Å²) >= 11 is 3.52. The molecule has 2 rings (SSSR count). The van der Waals surface area contributed by atoms with Crippen molar-refractivity contribution in [2.45, 2.75) is 65.0 Å². The number of halogens is 1. The number of carbonyl (C=O) groups excluding carboxylic acids is 1. The summed E-state index contributed by atoms with van der Waals surface area (Å²) in [7, 11) is 4.38. The fourth-order valence-corrected chi connectivity index (χ4v) is 4.15. The number of nitro groups is 1. The molecule has 0 saturated carbocycles. The summed E-state index contributed by atoms with van der Waals surface area (Å²) in [5, 5.41) is 14.5. The molecule has 0 heterocycles. The zero-order valence-electron chi connectivity index (χ0n) is 21.4. The van der Waals surface area contributed by atoms with E-state index in [4.69, 9.17) is 18.9 Å². The quantitative estimate of drug-likeness (QED) is 0.143. The standard InChI is InChI=1S/C26H35BrN2O7/c1-5-6-7-8-9-10-11-26(30)28-16-18-12-23(34-3)25(14-20(18)27)36-17-19-13-22(33-2)24(35-4)15-21(19)29(31)32/h12-15H,5-11,16-17H2,1-4H3,(H,28,30).